The Labute approximate surface area is 131 Å². The fourth-order valence-electron chi connectivity index (χ4n) is 2.37. The van der Waals surface area contributed by atoms with E-state index >= 15 is 0 Å². The first-order chi connectivity index (χ1) is 10.7. The molecule has 1 saturated heterocycles. The maximum absolute atomic E-state index is 14.3. The van der Waals surface area contributed by atoms with Crippen LogP contribution in [-0.4, -0.2) is 45.9 Å². The third-order valence-corrected chi connectivity index (χ3v) is 3.59. The summed E-state index contributed by atoms with van der Waals surface area (Å²) in [5.41, 5.74) is 1.55. The summed E-state index contributed by atoms with van der Waals surface area (Å²) in [4.78, 5) is 6.16. The Morgan fingerprint density at radius 3 is 2.73 bits per heavy atom. The molecule has 0 radical (unpaired) electrons. The smallest absolute Gasteiger partial charge is 0.191 e. The number of nitrogens with one attached hydrogen (secondary N) is 2. The third kappa shape index (κ3) is 4.59. The van der Waals surface area contributed by atoms with Crippen LogP contribution in [0.5, 0.6) is 0 Å². The largest absolute Gasteiger partial charge is 0.378 e. The summed E-state index contributed by atoms with van der Waals surface area (Å²) in [6.45, 7) is 6.29. The minimum Gasteiger partial charge on any atom is -0.378 e. The van der Waals surface area contributed by atoms with Crippen molar-refractivity contribution in [1.29, 1.82) is 0 Å². The zero-order valence-corrected chi connectivity index (χ0v) is 13.4. The maximum atomic E-state index is 14.3. The standard InChI is InChI=1S/C16H25FN4O/c1-3-6-19-16(18-2)20-12-13-4-5-15(14(17)11-13)21-7-9-22-10-8-21/h4-5,11H,3,6-10,12H2,1-2H3,(H2,18,19,20). The monoisotopic (exact) mass is 308 g/mol. The van der Waals surface area contributed by atoms with Gasteiger partial charge in [0, 0.05) is 33.2 Å². The van der Waals surface area contributed by atoms with Gasteiger partial charge in [-0.2, -0.15) is 0 Å². The highest BCUT2D eigenvalue weighted by Crippen LogP contribution is 2.21. The maximum Gasteiger partial charge on any atom is 0.191 e. The second kappa shape index (κ2) is 8.58. The molecule has 0 unspecified atom stereocenters. The van der Waals surface area contributed by atoms with E-state index in [0.717, 1.165) is 37.6 Å². The molecule has 1 heterocycles. The summed E-state index contributed by atoms with van der Waals surface area (Å²) in [5, 5.41) is 6.38. The number of anilines is 1. The Morgan fingerprint density at radius 1 is 1.32 bits per heavy atom. The first-order valence-electron chi connectivity index (χ1n) is 7.80. The number of guanidine groups is 1. The second-order valence-electron chi connectivity index (χ2n) is 5.24. The fraction of sp³-hybridized carbons (Fsp3) is 0.562. The van der Waals surface area contributed by atoms with Crippen molar-refractivity contribution in [3.05, 3.63) is 29.6 Å². The van der Waals surface area contributed by atoms with Gasteiger partial charge in [0.25, 0.3) is 0 Å². The normalized spacial score (nSPS) is 15.8. The number of hydrogen-bond donors (Lipinski definition) is 2. The summed E-state index contributed by atoms with van der Waals surface area (Å²) in [6, 6.07) is 5.39. The van der Waals surface area contributed by atoms with E-state index in [1.165, 1.54) is 0 Å². The van der Waals surface area contributed by atoms with Crippen molar-refractivity contribution in [1.82, 2.24) is 10.6 Å². The van der Waals surface area contributed by atoms with E-state index in [1.54, 1.807) is 13.1 Å². The van der Waals surface area contributed by atoms with Crippen LogP contribution in [0.15, 0.2) is 23.2 Å². The van der Waals surface area contributed by atoms with Gasteiger partial charge >= 0.3 is 0 Å². The van der Waals surface area contributed by atoms with Gasteiger partial charge in [0.1, 0.15) is 5.82 Å². The highest BCUT2D eigenvalue weighted by molar-refractivity contribution is 5.79. The van der Waals surface area contributed by atoms with Gasteiger partial charge in [-0.1, -0.05) is 13.0 Å². The van der Waals surface area contributed by atoms with Crippen LogP contribution in [0.2, 0.25) is 0 Å². The average Bonchev–Trinajstić information content (AvgIpc) is 2.56. The van der Waals surface area contributed by atoms with Gasteiger partial charge in [0.2, 0.25) is 0 Å². The summed E-state index contributed by atoms with van der Waals surface area (Å²) in [6.07, 6.45) is 1.03. The number of aliphatic imine (C=N–C) groups is 1. The fourth-order valence-corrected chi connectivity index (χ4v) is 2.37. The summed E-state index contributed by atoms with van der Waals surface area (Å²) in [5.74, 6) is 0.553. The van der Waals surface area contributed by atoms with E-state index in [0.29, 0.717) is 25.4 Å². The van der Waals surface area contributed by atoms with Crippen LogP contribution >= 0.6 is 0 Å². The molecule has 5 nitrogen and oxygen atoms in total. The molecule has 0 atom stereocenters. The van der Waals surface area contributed by atoms with Gasteiger partial charge in [0.15, 0.2) is 5.96 Å². The highest BCUT2D eigenvalue weighted by Gasteiger charge is 2.15. The minimum absolute atomic E-state index is 0.183. The first-order valence-corrected chi connectivity index (χ1v) is 7.80. The van der Waals surface area contributed by atoms with Crippen molar-refractivity contribution < 1.29 is 9.13 Å². The van der Waals surface area contributed by atoms with Gasteiger partial charge in [-0.15, -0.1) is 0 Å². The van der Waals surface area contributed by atoms with Gasteiger partial charge < -0.3 is 20.3 Å². The van der Waals surface area contributed by atoms with Gasteiger partial charge in [-0.05, 0) is 24.1 Å². The first kappa shape index (κ1) is 16.5. The van der Waals surface area contributed by atoms with Crippen LogP contribution < -0.4 is 15.5 Å². The Kier molecular flexibility index (Phi) is 6.45. The van der Waals surface area contributed by atoms with Gasteiger partial charge in [-0.3, -0.25) is 4.99 Å². The van der Waals surface area contributed by atoms with Gasteiger partial charge in [0.05, 0.1) is 18.9 Å². The molecule has 1 aliphatic heterocycles. The van der Waals surface area contributed by atoms with E-state index in [9.17, 15) is 4.39 Å². The van der Waals surface area contributed by atoms with Gasteiger partial charge in [-0.25, -0.2) is 4.39 Å². The molecule has 0 bridgehead atoms. The molecule has 2 rings (SSSR count). The number of rotatable bonds is 5. The SMILES string of the molecule is CCCNC(=NC)NCc1ccc(N2CCOCC2)c(F)c1. The van der Waals surface area contributed by atoms with Crippen molar-refractivity contribution in [2.45, 2.75) is 19.9 Å². The van der Waals surface area contributed by atoms with E-state index in [1.807, 2.05) is 17.0 Å². The number of hydrogen-bond acceptors (Lipinski definition) is 3. The number of ether oxygens (including phenoxy) is 1. The lowest BCUT2D eigenvalue weighted by Gasteiger charge is -2.29. The molecule has 6 heteroatoms. The summed E-state index contributed by atoms with van der Waals surface area (Å²) >= 11 is 0. The van der Waals surface area contributed by atoms with Crippen molar-refractivity contribution in [3.8, 4) is 0 Å². The number of benzene rings is 1. The zero-order chi connectivity index (χ0) is 15.8. The molecule has 0 aliphatic carbocycles. The lowest BCUT2D eigenvalue weighted by atomic mass is 10.1. The third-order valence-electron chi connectivity index (χ3n) is 3.59. The van der Waals surface area contributed by atoms with Crippen LogP contribution in [0.4, 0.5) is 10.1 Å². The predicted molar refractivity (Wildman–Crippen MR) is 87.9 cm³/mol. The Morgan fingerprint density at radius 2 is 2.09 bits per heavy atom. The molecule has 1 fully saturated rings. The van der Waals surface area contributed by atoms with E-state index in [2.05, 4.69) is 22.5 Å². The predicted octanol–water partition coefficient (Wildman–Crippen LogP) is 1.74. The molecule has 22 heavy (non-hydrogen) atoms. The molecule has 122 valence electrons. The highest BCUT2D eigenvalue weighted by atomic mass is 19.1. The van der Waals surface area contributed by atoms with Crippen LogP contribution in [-0.2, 0) is 11.3 Å². The van der Waals surface area contributed by atoms with Crippen molar-refractivity contribution in [2.75, 3.05) is 44.8 Å². The molecule has 0 aromatic heterocycles. The molecule has 1 aromatic carbocycles. The van der Waals surface area contributed by atoms with Crippen molar-refractivity contribution >= 4 is 11.6 Å². The average molecular weight is 308 g/mol. The zero-order valence-electron chi connectivity index (χ0n) is 13.4. The van der Waals surface area contributed by atoms with Crippen LogP contribution in [0.3, 0.4) is 0 Å². The van der Waals surface area contributed by atoms with Crippen LogP contribution in [0.1, 0.15) is 18.9 Å². The molecular weight excluding hydrogens is 283 g/mol. The molecule has 2 N–H and O–H groups in total. The Balaban J connectivity index is 1.94. The lowest BCUT2D eigenvalue weighted by molar-refractivity contribution is 0.122. The second-order valence-corrected chi connectivity index (χ2v) is 5.24. The lowest BCUT2D eigenvalue weighted by Crippen LogP contribution is -2.37. The number of halogens is 1. The number of morpholine rings is 1. The van der Waals surface area contributed by atoms with Crippen LogP contribution in [0, 0.1) is 5.82 Å². The van der Waals surface area contributed by atoms with Crippen molar-refractivity contribution in [3.63, 3.8) is 0 Å². The minimum atomic E-state index is -0.183. The molecule has 0 spiro atoms. The van der Waals surface area contributed by atoms with E-state index < -0.39 is 0 Å². The van der Waals surface area contributed by atoms with E-state index in [4.69, 9.17) is 4.74 Å². The summed E-state index contributed by atoms with van der Waals surface area (Å²) in [7, 11) is 1.73. The Bertz CT molecular complexity index is 501. The quantitative estimate of drug-likeness (QED) is 0.642. The topological polar surface area (TPSA) is 48.9 Å². The van der Waals surface area contributed by atoms with Crippen molar-refractivity contribution in [2.24, 2.45) is 4.99 Å². The molecular formula is C16H25FN4O. The molecule has 1 aliphatic rings. The van der Waals surface area contributed by atoms with E-state index in [-0.39, 0.29) is 5.82 Å². The summed E-state index contributed by atoms with van der Waals surface area (Å²) < 4.78 is 19.6. The molecule has 0 saturated carbocycles. The number of nitrogens with zero attached hydrogens (tertiary/aromatic N) is 2. The molecule has 1 aromatic rings. The Hall–Kier alpha value is -1.82. The molecule has 0 amide bonds. The van der Waals surface area contributed by atoms with Crippen LogP contribution in [0.25, 0.3) is 0 Å².